The number of morpholine rings is 1. The number of carbonyl (C=O) groups excluding carboxylic acids is 1. The molecule has 0 saturated carbocycles. The summed E-state index contributed by atoms with van der Waals surface area (Å²) in [6, 6.07) is 18.7. The van der Waals surface area contributed by atoms with Crippen LogP contribution in [0.4, 0.5) is 5.69 Å². The summed E-state index contributed by atoms with van der Waals surface area (Å²) < 4.78 is 34.1. The molecule has 0 aromatic heterocycles. The Morgan fingerprint density at radius 2 is 1.69 bits per heavy atom. The Morgan fingerprint density at radius 1 is 0.972 bits per heavy atom. The van der Waals surface area contributed by atoms with Crippen LogP contribution in [0.25, 0.3) is 11.1 Å². The molecule has 9 nitrogen and oxygen atoms in total. The van der Waals surface area contributed by atoms with E-state index in [1.807, 2.05) is 30.3 Å². The fraction of sp³-hybridized carbons (Fsp3) is 0.231. The van der Waals surface area contributed by atoms with Crippen molar-refractivity contribution in [3.63, 3.8) is 0 Å². The highest BCUT2D eigenvalue weighted by Gasteiger charge is 2.21. The molecule has 4 rings (SSSR count). The molecule has 188 valence electrons. The van der Waals surface area contributed by atoms with Crippen LogP contribution in [0.2, 0.25) is 0 Å². The van der Waals surface area contributed by atoms with E-state index in [-0.39, 0.29) is 22.6 Å². The molecule has 0 atom stereocenters. The Morgan fingerprint density at radius 3 is 2.36 bits per heavy atom. The van der Waals surface area contributed by atoms with Crippen LogP contribution in [-0.4, -0.2) is 62.9 Å². The maximum absolute atomic E-state index is 13.4. The van der Waals surface area contributed by atoms with Gasteiger partial charge in [0.15, 0.2) is 5.75 Å². The van der Waals surface area contributed by atoms with E-state index in [1.165, 1.54) is 12.1 Å². The zero-order valence-electron chi connectivity index (χ0n) is 19.6. The number of amides is 1. The van der Waals surface area contributed by atoms with Crippen molar-refractivity contribution >= 4 is 27.7 Å². The fourth-order valence-corrected chi connectivity index (χ4v) is 4.41. The first kappa shape index (κ1) is 25.4. The van der Waals surface area contributed by atoms with Crippen molar-refractivity contribution in [2.45, 2.75) is 6.54 Å². The average Bonchev–Trinajstić information content (AvgIpc) is 2.85. The predicted octanol–water partition coefficient (Wildman–Crippen LogP) is 3.47. The zero-order valence-corrected chi connectivity index (χ0v) is 20.5. The normalized spacial score (nSPS) is 14.2. The van der Waals surface area contributed by atoms with E-state index in [1.54, 1.807) is 24.3 Å². The van der Waals surface area contributed by atoms with Gasteiger partial charge in [-0.3, -0.25) is 9.69 Å². The molecule has 1 aliphatic rings. The highest BCUT2D eigenvalue weighted by Crippen LogP contribution is 2.28. The molecule has 1 heterocycles. The molecule has 3 aromatic carbocycles. The number of ether oxygens (including phenoxy) is 1. The number of hydrogen-bond donors (Lipinski definition) is 2. The molecule has 1 saturated heterocycles. The lowest BCUT2D eigenvalue weighted by molar-refractivity contribution is 0.0341. The van der Waals surface area contributed by atoms with Crippen LogP contribution >= 0.6 is 0 Å². The summed E-state index contributed by atoms with van der Waals surface area (Å²) in [5.41, 5.74) is 2.30. The molecule has 3 aromatic rings. The topological polar surface area (TPSA) is 122 Å². The molecule has 1 fully saturated rings. The van der Waals surface area contributed by atoms with Crippen molar-refractivity contribution in [3.8, 4) is 16.9 Å². The van der Waals surface area contributed by atoms with Crippen LogP contribution in [0.15, 0.2) is 66.7 Å². The summed E-state index contributed by atoms with van der Waals surface area (Å²) in [5.74, 6) is -2.04. The van der Waals surface area contributed by atoms with Gasteiger partial charge in [-0.1, -0.05) is 42.5 Å². The second-order valence-electron chi connectivity index (χ2n) is 8.39. The van der Waals surface area contributed by atoms with Gasteiger partial charge in [0.25, 0.3) is 5.91 Å². The second-order valence-corrected chi connectivity index (χ2v) is 9.97. The SMILES string of the molecule is CS(=O)(=O)Oc1ccc(CN2CCOCC2)cc1C(=O)Nc1cc(-c2ccccc2)ccc1C(=O)O. The fourth-order valence-electron chi connectivity index (χ4n) is 3.94. The summed E-state index contributed by atoms with van der Waals surface area (Å²) in [6.07, 6.45) is 0.891. The van der Waals surface area contributed by atoms with Gasteiger partial charge in [-0.15, -0.1) is 0 Å². The number of aromatic carboxylic acids is 1. The Hall–Kier alpha value is -3.73. The third-order valence-electron chi connectivity index (χ3n) is 5.64. The first-order valence-corrected chi connectivity index (χ1v) is 13.1. The van der Waals surface area contributed by atoms with E-state index in [0.717, 1.165) is 30.5 Å². The number of rotatable bonds is 8. The number of anilines is 1. The van der Waals surface area contributed by atoms with Crippen molar-refractivity contribution in [2.24, 2.45) is 0 Å². The molecule has 0 radical (unpaired) electrons. The predicted molar refractivity (Wildman–Crippen MR) is 135 cm³/mol. The number of benzene rings is 3. The van der Waals surface area contributed by atoms with Gasteiger partial charge in [0.05, 0.1) is 36.3 Å². The Bertz CT molecular complexity index is 1370. The van der Waals surface area contributed by atoms with Gasteiger partial charge in [0.1, 0.15) is 0 Å². The van der Waals surface area contributed by atoms with E-state index in [4.69, 9.17) is 8.92 Å². The van der Waals surface area contributed by atoms with E-state index in [0.29, 0.717) is 25.3 Å². The molecule has 1 aliphatic heterocycles. The minimum absolute atomic E-state index is 0.0207. The van der Waals surface area contributed by atoms with Crippen molar-refractivity contribution in [1.29, 1.82) is 0 Å². The van der Waals surface area contributed by atoms with Gasteiger partial charge < -0.3 is 19.3 Å². The van der Waals surface area contributed by atoms with Crippen molar-refractivity contribution < 1.29 is 32.0 Å². The largest absolute Gasteiger partial charge is 0.478 e. The number of nitrogens with zero attached hydrogens (tertiary/aromatic N) is 1. The first-order chi connectivity index (χ1) is 17.2. The molecule has 2 N–H and O–H groups in total. The van der Waals surface area contributed by atoms with Crippen molar-refractivity contribution in [2.75, 3.05) is 37.9 Å². The number of nitrogens with one attached hydrogen (secondary N) is 1. The quantitative estimate of drug-likeness (QED) is 0.442. The minimum atomic E-state index is -3.91. The molecule has 36 heavy (non-hydrogen) atoms. The number of carboxylic acids is 1. The van der Waals surface area contributed by atoms with Crippen LogP contribution in [0.1, 0.15) is 26.3 Å². The van der Waals surface area contributed by atoms with E-state index in [9.17, 15) is 23.1 Å². The molecule has 1 amide bonds. The number of hydrogen-bond acceptors (Lipinski definition) is 7. The summed E-state index contributed by atoms with van der Waals surface area (Å²) in [5, 5.41) is 12.3. The molecular formula is C26H26N2O7S. The first-order valence-electron chi connectivity index (χ1n) is 11.3. The van der Waals surface area contributed by atoms with E-state index in [2.05, 4.69) is 10.2 Å². The van der Waals surface area contributed by atoms with E-state index < -0.39 is 22.0 Å². The molecular weight excluding hydrogens is 484 g/mol. The summed E-state index contributed by atoms with van der Waals surface area (Å²) in [4.78, 5) is 27.4. The van der Waals surface area contributed by atoms with Gasteiger partial charge in [0.2, 0.25) is 0 Å². The molecule has 0 spiro atoms. The third kappa shape index (κ3) is 6.48. The highest BCUT2D eigenvalue weighted by molar-refractivity contribution is 7.86. The summed E-state index contributed by atoms with van der Waals surface area (Å²) in [7, 11) is -3.91. The lowest BCUT2D eigenvalue weighted by Crippen LogP contribution is -2.35. The average molecular weight is 511 g/mol. The van der Waals surface area contributed by atoms with Crippen LogP contribution in [0, 0.1) is 0 Å². The van der Waals surface area contributed by atoms with Crippen LogP contribution in [0.3, 0.4) is 0 Å². The zero-order chi connectivity index (χ0) is 25.7. The standard InChI is InChI=1S/C26H26N2O7S/c1-36(32,33)35-24-10-7-18(17-28-11-13-34-14-12-28)15-22(24)25(29)27-23-16-20(8-9-21(23)26(30)31)19-5-3-2-4-6-19/h2-10,15-16H,11-14,17H2,1H3,(H,27,29)(H,30,31). The lowest BCUT2D eigenvalue weighted by Gasteiger charge is -2.26. The third-order valence-corrected chi connectivity index (χ3v) is 6.13. The Labute approximate surface area is 209 Å². The van der Waals surface area contributed by atoms with Gasteiger partial charge in [-0.05, 0) is 41.0 Å². The van der Waals surface area contributed by atoms with Crippen LogP contribution < -0.4 is 9.50 Å². The molecule has 0 unspecified atom stereocenters. The second kappa shape index (κ2) is 10.9. The van der Waals surface area contributed by atoms with Crippen molar-refractivity contribution in [3.05, 3.63) is 83.4 Å². The van der Waals surface area contributed by atoms with Crippen LogP contribution in [-0.2, 0) is 21.4 Å². The van der Waals surface area contributed by atoms with Gasteiger partial charge in [-0.25, -0.2) is 4.79 Å². The Kier molecular flexibility index (Phi) is 7.68. The molecule has 0 bridgehead atoms. The Balaban J connectivity index is 1.69. The maximum Gasteiger partial charge on any atom is 0.337 e. The van der Waals surface area contributed by atoms with Gasteiger partial charge in [-0.2, -0.15) is 8.42 Å². The van der Waals surface area contributed by atoms with Gasteiger partial charge >= 0.3 is 16.1 Å². The molecule has 0 aliphatic carbocycles. The smallest absolute Gasteiger partial charge is 0.337 e. The maximum atomic E-state index is 13.4. The number of carbonyl (C=O) groups is 2. The monoisotopic (exact) mass is 510 g/mol. The van der Waals surface area contributed by atoms with E-state index >= 15 is 0 Å². The highest BCUT2D eigenvalue weighted by atomic mass is 32.2. The molecule has 10 heteroatoms. The lowest BCUT2D eigenvalue weighted by atomic mass is 10.0. The summed E-state index contributed by atoms with van der Waals surface area (Å²) >= 11 is 0. The van der Waals surface area contributed by atoms with Gasteiger partial charge in [0, 0.05) is 19.6 Å². The minimum Gasteiger partial charge on any atom is -0.478 e. The van der Waals surface area contributed by atoms with Crippen LogP contribution in [0.5, 0.6) is 5.75 Å². The summed E-state index contributed by atoms with van der Waals surface area (Å²) in [6.45, 7) is 3.22. The van der Waals surface area contributed by atoms with Crippen molar-refractivity contribution in [1.82, 2.24) is 4.90 Å². The number of carboxylic acid groups (broad SMARTS) is 1.